The van der Waals surface area contributed by atoms with E-state index in [9.17, 15) is 5.21 Å². The molecule has 0 saturated carbocycles. The summed E-state index contributed by atoms with van der Waals surface area (Å²) in [6.07, 6.45) is 0. The Hall–Kier alpha value is -0.160. The van der Waals surface area contributed by atoms with Gasteiger partial charge >= 0.3 is 0 Å². The molecule has 0 heterocycles. The van der Waals surface area contributed by atoms with Crippen molar-refractivity contribution in [2.24, 2.45) is 0 Å². The second kappa shape index (κ2) is 4.62. The van der Waals surface area contributed by atoms with Gasteiger partial charge in [0.25, 0.3) is 0 Å². The molecule has 62 valence electrons. The zero-order valence-electron chi connectivity index (χ0n) is 6.54. The minimum Gasteiger partial charge on any atom is -0.633 e. The third-order valence-electron chi connectivity index (χ3n) is 1.34. The third kappa shape index (κ3) is 4.69. The van der Waals surface area contributed by atoms with Crippen molar-refractivity contribution < 1.29 is 14.5 Å². The van der Waals surface area contributed by atoms with E-state index in [1.807, 2.05) is 0 Å². The van der Waals surface area contributed by atoms with E-state index in [1.54, 1.807) is 7.11 Å². The van der Waals surface area contributed by atoms with Crippen molar-refractivity contribution in [1.82, 2.24) is 0 Å². The van der Waals surface area contributed by atoms with Crippen LogP contribution < -0.4 is 0 Å². The predicted octanol–water partition coefficient (Wildman–Crippen LogP) is -0.430. The summed E-state index contributed by atoms with van der Waals surface area (Å²) in [7, 11) is 3.08. The van der Waals surface area contributed by atoms with Crippen molar-refractivity contribution in [2.75, 3.05) is 40.5 Å². The molecule has 0 aliphatic rings. The number of quaternary nitrogens is 1. The standard InChI is InChI=1S/C6H15NO3/c1-7(9,3-5-8)4-6-10-2/h8H,3-6H2,1-2H3. The highest BCUT2D eigenvalue weighted by atomic mass is 16.6. The van der Waals surface area contributed by atoms with Crippen molar-refractivity contribution in [3.8, 4) is 0 Å². The van der Waals surface area contributed by atoms with E-state index >= 15 is 0 Å². The van der Waals surface area contributed by atoms with Crippen LogP contribution >= 0.6 is 0 Å². The maximum atomic E-state index is 11.2. The minimum atomic E-state index is -0.426. The molecule has 1 unspecified atom stereocenters. The van der Waals surface area contributed by atoms with Gasteiger partial charge in [-0.1, -0.05) is 0 Å². The molecule has 0 bridgehead atoms. The van der Waals surface area contributed by atoms with Crippen molar-refractivity contribution in [1.29, 1.82) is 0 Å². The highest BCUT2D eigenvalue weighted by molar-refractivity contribution is 4.36. The van der Waals surface area contributed by atoms with E-state index in [2.05, 4.69) is 0 Å². The van der Waals surface area contributed by atoms with Gasteiger partial charge in [0.05, 0.1) is 20.3 Å². The smallest absolute Gasteiger partial charge is 0.102 e. The van der Waals surface area contributed by atoms with Crippen LogP contribution in [0.1, 0.15) is 0 Å². The predicted molar refractivity (Wildman–Crippen MR) is 38.2 cm³/mol. The van der Waals surface area contributed by atoms with Crippen LogP contribution in [0.3, 0.4) is 0 Å². The van der Waals surface area contributed by atoms with Crippen LogP contribution in [0, 0.1) is 5.21 Å². The molecule has 4 nitrogen and oxygen atoms in total. The summed E-state index contributed by atoms with van der Waals surface area (Å²) in [4.78, 5) is 0. The maximum absolute atomic E-state index is 11.2. The number of nitrogens with zero attached hydrogens (tertiary/aromatic N) is 1. The van der Waals surface area contributed by atoms with E-state index in [-0.39, 0.29) is 13.2 Å². The van der Waals surface area contributed by atoms with Gasteiger partial charge in [-0.2, -0.15) is 0 Å². The summed E-state index contributed by atoms with van der Waals surface area (Å²) in [5.41, 5.74) is 0. The van der Waals surface area contributed by atoms with Crippen LogP contribution in [0.5, 0.6) is 0 Å². The average Bonchev–Trinajstić information content (AvgIpc) is 1.84. The van der Waals surface area contributed by atoms with Crippen LogP contribution in [0.2, 0.25) is 0 Å². The number of ether oxygens (including phenoxy) is 1. The zero-order chi connectivity index (χ0) is 8.04. The lowest BCUT2D eigenvalue weighted by atomic mass is 10.5. The molecule has 0 spiro atoms. The summed E-state index contributed by atoms with van der Waals surface area (Å²) < 4.78 is 4.30. The molecule has 0 fully saturated rings. The molecular formula is C6H15NO3. The molecule has 1 N–H and O–H groups in total. The van der Waals surface area contributed by atoms with Crippen LogP contribution in [0.25, 0.3) is 0 Å². The molecule has 0 aromatic carbocycles. The van der Waals surface area contributed by atoms with Crippen molar-refractivity contribution in [3.63, 3.8) is 0 Å². The van der Waals surface area contributed by atoms with E-state index < -0.39 is 4.65 Å². The molecule has 0 amide bonds. The molecule has 0 aromatic heterocycles. The SMILES string of the molecule is COCC[N+](C)([O-])CCO. The van der Waals surface area contributed by atoms with E-state index in [4.69, 9.17) is 9.84 Å². The van der Waals surface area contributed by atoms with Crippen LogP contribution in [0.15, 0.2) is 0 Å². The number of hydroxylamine groups is 3. The first-order valence-electron chi connectivity index (χ1n) is 3.28. The fourth-order valence-corrected chi connectivity index (χ4v) is 0.608. The molecule has 10 heavy (non-hydrogen) atoms. The zero-order valence-corrected chi connectivity index (χ0v) is 6.54. The Kier molecular flexibility index (Phi) is 4.55. The Morgan fingerprint density at radius 1 is 1.50 bits per heavy atom. The summed E-state index contributed by atoms with van der Waals surface area (Å²) in [5, 5.41) is 19.6. The van der Waals surface area contributed by atoms with Gasteiger partial charge in [-0.25, -0.2) is 0 Å². The number of hydrogen-bond acceptors (Lipinski definition) is 3. The number of methoxy groups -OCH3 is 1. The lowest BCUT2D eigenvalue weighted by Crippen LogP contribution is -2.42. The Morgan fingerprint density at radius 3 is 2.50 bits per heavy atom. The second-order valence-electron chi connectivity index (χ2n) is 2.46. The van der Waals surface area contributed by atoms with Gasteiger partial charge in [-0.3, -0.25) is 0 Å². The molecule has 0 aliphatic heterocycles. The number of aliphatic hydroxyl groups is 1. The largest absolute Gasteiger partial charge is 0.633 e. The lowest BCUT2D eigenvalue weighted by Gasteiger charge is -2.37. The van der Waals surface area contributed by atoms with Gasteiger partial charge in [0.1, 0.15) is 13.1 Å². The number of rotatable bonds is 5. The highest BCUT2D eigenvalue weighted by Crippen LogP contribution is 1.96. The quantitative estimate of drug-likeness (QED) is 0.426. The molecule has 0 aliphatic carbocycles. The molecule has 1 atom stereocenters. The molecule has 0 rings (SSSR count). The first-order chi connectivity index (χ1) is 4.62. The van der Waals surface area contributed by atoms with Crippen LogP contribution in [-0.2, 0) is 4.74 Å². The Balaban J connectivity index is 3.42. The first kappa shape index (κ1) is 9.84. The first-order valence-corrected chi connectivity index (χ1v) is 3.28. The van der Waals surface area contributed by atoms with Gasteiger partial charge in [0.2, 0.25) is 0 Å². The molecule has 0 aromatic rings. The van der Waals surface area contributed by atoms with Crippen molar-refractivity contribution in [2.45, 2.75) is 0 Å². The van der Waals surface area contributed by atoms with Crippen molar-refractivity contribution >= 4 is 0 Å². The minimum absolute atomic E-state index is 0.0658. The summed E-state index contributed by atoms with van der Waals surface area (Å²) >= 11 is 0. The highest BCUT2D eigenvalue weighted by Gasteiger charge is 2.06. The number of aliphatic hydroxyl groups excluding tert-OH is 1. The summed E-state index contributed by atoms with van der Waals surface area (Å²) in [6, 6.07) is 0. The molecule has 4 heteroatoms. The van der Waals surface area contributed by atoms with Crippen LogP contribution in [0.4, 0.5) is 0 Å². The summed E-state index contributed by atoms with van der Waals surface area (Å²) in [5.74, 6) is 0. The second-order valence-corrected chi connectivity index (χ2v) is 2.46. The Labute approximate surface area is 61.2 Å². The fourth-order valence-electron chi connectivity index (χ4n) is 0.608. The van der Waals surface area contributed by atoms with E-state index in [1.165, 1.54) is 7.05 Å². The van der Waals surface area contributed by atoms with E-state index in [0.29, 0.717) is 13.2 Å². The van der Waals surface area contributed by atoms with Gasteiger partial charge in [0, 0.05) is 7.11 Å². The Bertz CT molecular complexity index is 85.1. The third-order valence-corrected chi connectivity index (χ3v) is 1.34. The molecule has 0 saturated heterocycles. The maximum Gasteiger partial charge on any atom is 0.102 e. The molecular weight excluding hydrogens is 134 g/mol. The number of hydrogen-bond donors (Lipinski definition) is 1. The fraction of sp³-hybridized carbons (Fsp3) is 1.00. The van der Waals surface area contributed by atoms with E-state index in [0.717, 1.165) is 0 Å². The normalized spacial score (nSPS) is 16.8. The van der Waals surface area contributed by atoms with Crippen molar-refractivity contribution in [3.05, 3.63) is 5.21 Å². The van der Waals surface area contributed by atoms with Crippen LogP contribution in [-0.4, -0.2) is 50.2 Å². The van der Waals surface area contributed by atoms with Gasteiger partial charge in [0.15, 0.2) is 0 Å². The topological polar surface area (TPSA) is 52.5 Å². The van der Waals surface area contributed by atoms with Gasteiger partial charge in [-0.15, -0.1) is 0 Å². The van der Waals surface area contributed by atoms with Gasteiger partial charge < -0.3 is 19.7 Å². The number of likely N-dealkylation sites (N-methyl/N-ethyl adjacent to an activating group) is 1. The Morgan fingerprint density at radius 2 is 2.10 bits per heavy atom. The molecule has 0 radical (unpaired) electrons. The summed E-state index contributed by atoms with van der Waals surface area (Å²) in [6.45, 7) is 1.02. The lowest BCUT2D eigenvalue weighted by molar-refractivity contribution is -0.861. The monoisotopic (exact) mass is 149 g/mol. The van der Waals surface area contributed by atoms with Gasteiger partial charge in [-0.05, 0) is 0 Å². The average molecular weight is 149 g/mol.